The average molecular weight is 433 g/mol. The summed E-state index contributed by atoms with van der Waals surface area (Å²) in [4.78, 5) is 8.99. The van der Waals surface area contributed by atoms with E-state index in [1.54, 1.807) is 6.20 Å². The Hall–Kier alpha value is -2.85. The van der Waals surface area contributed by atoms with Crippen LogP contribution >= 0.6 is 0 Å². The molecule has 6 rings (SSSR count). The highest BCUT2D eigenvalue weighted by Crippen LogP contribution is 2.59. The molecule has 7 nitrogen and oxygen atoms in total. The molecule has 2 aromatic rings. The second-order valence-electron chi connectivity index (χ2n) is 9.86. The average Bonchev–Trinajstić information content (AvgIpc) is 2.80. The van der Waals surface area contributed by atoms with Gasteiger partial charge in [-0.3, -0.25) is 0 Å². The summed E-state index contributed by atoms with van der Waals surface area (Å²) in [7, 11) is 0. The van der Waals surface area contributed by atoms with Gasteiger partial charge in [0, 0.05) is 24.7 Å². The molecule has 4 N–H and O–H groups in total. The lowest BCUT2D eigenvalue weighted by Gasteiger charge is -2.59. The van der Waals surface area contributed by atoms with Gasteiger partial charge >= 0.3 is 0 Å². The Morgan fingerprint density at radius 3 is 2.72 bits per heavy atom. The first-order valence-corrected chi connectivity index (χ1v) is 11.8. The molecule has 168 valence electrons. The molecule has 4 aliphatic carbocycles. The van der Waals surface area contributed by atoms with Crippen molar-refractivity contribution in [3.63, 3.8) is 0 Å². The van der Waals surface area contributed by atoms with Crippen molar-refractivity contribution >= 4 is 11.8 Å². The Morgan fingerprint density at radius 1 is 1.19 bits per heavy atom. The molecular formula is C25H32N6O. The summed E-state index contributed by atoms with van der Waals surface area (Å²) in [6.07, 6.45) is 7.86. The zero-order valence-electron chi connectivity index (χ0n) is 18.7. The lowest BCUT2D eigenvalue weighted by molar-refractivity contribution is -0.0591. The Morgan fingerprint density at radius 2 is 1.97 bits per heavy atom. The zero-order chi connectivity index (χ0) is 22.1. The summed E-state index contributed by atoms with van der Waals surface area (Å²) in [5, 5.41) is 16.4. The molecule has 32 heavy (non-hydrogen) atoms. The van der Waals surface area contributed by atoms with Gasteiger partial charge in [-0.15, -0.1) is 0 Å². The number of nitrogens with zero attached hydrogens (tertiary/aromatic N) is 3. The van der Waals surface area contributed by atoms with E-state index in [0.29, 0.717) is 48.4 Å². The third-order valence-corrected chi connectivity index (χ3v) is 7.72. The molecule has 4 aliphatic rings. The number of hydrogen-bond acceptors (Lipinski definition) is 7. The molecule has 4 fully saturated rings. The molecular weight excluding hydrogens is 400 g/mol. The van der Waals surface area contributed by atoms with Gasteiger partial charge in [-0.05, 0) is 68.3 Å². The van der Waals surface area contributed by atoms with Gasteiger partial charge < -0.3 is 21.1 Å². The van der Waals surface area contributed by atoms with Gasteiger partial charge in [0.25, 0.3) is 0 Å². The molecule has 0 spiro atoms. The van der Waals surface area contributed by atoms with Gasteiger partial charge in [0.2, 0.25) is 5.95 Å². The minimum atomic E-state index is 0.286. The Bertz CT molecular complexity index is 1000. The van der Waals surface area contributed by atoms with Crippen molar-refractivity contribution in [3.8, 4) is 11.8 Å². The van der Waals surface area contributed by atoms with Crippen molar-refractivity contribution in [1.29, 1.82) is 5.26 Å². The first kappa shape index (κ1) is 21.0. The van der Waals surface area contributed by atoms with E-state index in [4.69, 9.17) is 10.5 Å². The van der Waals surface area contributed by atoms with E-state index in [0.717, 1.165) is 23.8 Å². The Kier molecular flexibility index (Phi) is 5.64. The van der Waals surface area contributed by atoms with Crippen LogP contribution in [-0.2, 0) is 6.54 Å². The monoisotopic (exact) mass is 432 g/mol. The number of hydrogen-bond donors (Lipinski definition) is 3. The molecule has 0 aliphatic heterocycles. The third kappa shape index (κ3) is 4.00. The third-order valence-electron chi connectivity index (χ3n) is 7.72. The summed E-state index contributed by atoms with van der Waals surface area (Å²) in [5.41, 5.74) is 8.32. The van der Waals surface area contributed by atoms with E-state index in [-0.39, 0.29) is 5.41 Å². The number of benzene rings is 1. The zero-order valence-corrected chi connectivity index (χ0v) is 18.7. The van der Waals surface area contributed by atoms with Gasteiger partial charge in [0.05, 0.1) is 12.8 Å². The van der Waals surface area contributed by atoms with E-state index >= 15 is 0 Å². The van der Waals surface area contributed by atoms with E-state index in [1.807, 2.05) is 31.2 Å². The Labute approximate surface area is 189 Å². The van der Waals surface area contributed by atoms with Crippen LogP contribution in [0.3, 0.4) is 0 Å². The molecule has 5 atom stereocenters. The van der Waals surface area contributed by atoms with Crippen molar-refractivity contribution in [1.82, 2.24) is 9.97 Å². The topological polar surface area (TPSA) is 109 Å². The lowest BCUT2D eigenvalue weighted by Crippen LogP contribution is -2.58. The minimum absolute atomic E-state index is 0.286. The van der Waals surface area contributed by atoms with E-state index in [9.17, 15) is 5.26 Å². The fourth-order valence-corrected chi connectivity index (χ4v) is 6.52. The molecule has 3 unspecified atom stereocenters. The number of nitriles is 1. The van der Waals surface area contributed by atoms with Crippen LogP contribution in [0.1, 0.15) is 50.2 Å². The molecule has 0 saturated heterocycles. The quantitative estimate of drug-likeness (QED) is 0.580. The van der Waals surface area contributed by atoms with Gasteiger partial charge in [-0.2, -0.15) is 10.2 Å². The maximum Gasteiger partial charge on any atom is 0.224 e. The van der Waals surface area contributed by atoms with Crippen molar-refractivity contribution in [2.75, 3.05) is 23.8 Å². The Balaban J connectivity index is 1.28. The number of ether oxygens (including phenoxy) is 1. The molecule has 4 bridgehead atoms. The summed E-state index contributed by atoms with van der Waals surface area (Å²) < 4.78 is 5.70. The number of nitrogens with two attached hydrogens (primary N) is 1. The predicted octanol–water partition coefficient (Wildman–Crippen LogP) is 3.92. The molecule has 1 aromatic heterocycles. The van der Waals surface area contributed by atoms with E-state index in [2.05, 4.69) is 26.7 Å². The van der Waals surface area contributed by atoms with Crippen LogP contribution in [0.4, 0.5) is 11.8 Å². The number of nitrogens with one attached hydrogen (secondary N) is 2. The first-order valence-electron chi connectivity index (χ1n) is 11.8. The number of anilines is 2. The first-order chi connectivity index (χ1) is 15.6. The minimum Gasteiger partial charge on any atom is -0.494 e. The van der Waals surface area contributed by atoms with E-state index < -0.39 is 0 Å². The van der Waals surface area contributed by atoms with Crippen LogP contribution in [-0.4, -0.2) is 29.2 Å². The van der Waals surface area contributed by atoms with Gasteiger partial charge in [0.15, 0.2) is 0 Å². The molecule has 1 aromatic carbocycles. The second kappa shape index (κ2) is 8.59. The van der Waals surface area contributed by atoms with Crippen LogP contribution in [0, 0.1) is 34.5 Å². The summed E-state index contributed by atoms with van der Waals surface area (Å²) in [6.45, 7) is 3.99. The van der Waals surface area contributed by atoms with Crippen LogP contribution in [0.5, 0.6) is 5.75 Å². The summed E-state index contributed by atoms with van der Waals surface area (Å²) in [6, 6.07) is 10.6. The second-order valence-corrected chi connectivity index (χ2v) is 9.86. The summed E-state index contributed by atoms with van der Waals surface area (Å²) >= 11 is 0. The van der Waals surface area contributed by atoms with Crippen molar-refractivity contribution in [2.45, 2.75) is 51.6 Å². The van der Waals surface area contributed by atoms with Crippen LogP contribution in [0.25, 0.3) is 0 Å². The van der Waals surface area contributed by atoms with Gasteiger partial charge in [-0.1, -0.05) is 18.2 Å². The van der Waals surface area contributed by atoms with Crippen molar-refractivity contribution in [2.24, 2.45) is 28.9 Å². The van der Waals surface area contributed by atoms with Crippen LogP contribution in [0.2, 0.25) is 0 Å². The van der Waals surface area contributed by atoms with E-state index in [1.165, 1.54) is 32.1 Å². The molecule has 1 heterocycles. The highest BCUT2D eigenvalue weighted by molar-refractivity contribution is 5.53. The van der Waals surface area contributed by atoms with Crippen LogP contribution in [0.15, 0.2) is 30.5 Å². The predicted molar refractivity (Wildman–Crippen MR) is 124 cm³/mol. The highest BCUT2D eigenvalue weighted by Gasteiger charge is 2.54. The molecule has 4 saturated carbocycles. The van der Waals surface area contributed by atoms with Crippen molar-refractivity contribution in [3.05, 3.63) is 41.6 Å². The normalized spacial score (nSPS) is 30.0. The van der Waals surface area contributed by atoms with Crippen molar-refractivity contribution < 1.29 is 4.74 Å². The highest BCUT2D eigenvalue weighted by atomic mass is 16.5. The van der Waals surface area contributed by atoms with Gasteiger partial charge in [0.1, 0.15) is 23.2 Å². The largest absolute Gasteiger partial charge is 0.494 e. The molecule has 7 heteroatoms. The maximum atomic E-state index is 9.58. The number of aromatic nitrogens is 2. The van der Waals surface area contributed by atoms with Crippen LogP contribution < -0.4 is 21.1 Å². The SMILES string of the molecule is CCOc1ccccc1CNc1ncc(C#N)c(NCC23CC4C[C@H](C2)C(N)[C@@H](C4)C3)n1. The lowest BCUT2D eigenvalue weighted by atomic mass is 9.48. The smallest absolute Gasteiger partial charge is 0.224 e. The maximum absolute atomic E-state index is 9.58. The fourth-order valence-electron chi connectivity index (χ4n) is 6.52. The van der Waals surface area contributed by atoms with Gasteiger partial charge in [-0.25, -0.2) is 4.98 Å². The fraction of sp³-hybridized carbons (Fsp3) is 0.560. The molecule has 0 radical (unpaired) electrons. The standard InChI is InChI=1S/C25H32N6O/c1-2-32-21-6-4-3-5-17(21)13-28-24-29-14-20(12-26)23(31-24)30-15-25-9-16-7-18(10-25)22(27)19(8-16)11-25/h3-6,14,16,18-19,22H,2,7-11,13,15,27H2,1H3,(H2,28,29,30,31)/t16?,18-,19+,22?,25?. The summed E-state index contributed by atoms with van der Waals surface area (Å²) in [5.74, 6) is 4.11. The number of rotatable bonds is 8. The number of para-hydroxylation sites is 1. The molecule has 0 amide bonds.